The van der Waals surface area contributed by atoms with Crippen LogP contribution in [-0.2, 0) is 36.7 Å². The van der Waals surface area contributed by atoms with E-state index in [9.17, 15) is 9.90 Å². The molecule has 2 heterocycles. The van der Waals surface area contributed by atoms with Crippen LogP contribution in [-0.4, -0.2) is 20.9 Å². The van der Waals surface area contributed by atoms with Gasteiger partial charge in [0.2, 0.25) is 0 Å². The Labute approximate surface area is 312 Å². The average Bonchev–Trinajstić information content (AvgIpc) is 3.38. The number of aliphatic hydroxyl groups is 1. The van der Waals surface area contributed by atoms with E-state index in [0.29, 0.717) is 0 Å². The zero-order chi connectivity index (χ0) is 35.4. The fourth-order valence-corrected chi connectivity index (χ4v) is 7.68. The minimum Gasteiger partial charge on any atom is -0.512 e. The van der Waals surface area contributed by atoms with Crippen molar-refractivity contribution in [1.82, 2.24) is 9.97 Å². The number of benzene rings is 3. The van der Waals surface area contributed by atoms with E-state index in [-0.39, 0.29) is 54.3 Å². The Morgan fingerprint density at radius 3 is 2.12 bits per heavy atom. The van der Waals surface area contributed by atoms with Crippen LogP contribution in [0.3, 0.4) is 0 Å². The van der Waals surface area contributed by atoms with Crippen molar-refractivity contribution in [3.05, 3.63) is 83.4 Å². The summed E-state index contributed by atoms with van der Waals surface area (Å²) in [6.07, 6.45) is 7.67. The Kier molecular flexibility index (Phi) is 13.9. The molecule has 0 atom stereocenters. The molecule has 0 aliphatic rings. The monoisotopic (exact) mass is 856 g/mol. The number of hydrogen-bond donors (Lipinski definition) is 1. The number of carbonyl (C=O) groups excluding carboxylic acids is 1. The first-order chi connectivity index (χ1) is 22.6. The summed E-state index contributed by atoms with van der Waals surface area (Å²) in [7, 11) is 0. The molecule has 1 radical (unpaired) electrons. The van der Waals surface area contributed by atoms with E-state index in [2.05, 4.69) is 97.0 Å². The molecule has 49 heavy (non-hydrogen) atoms. The molecule has 6 heteroatoms. The quantitative estimate of drug-likeness (QED) is 0.0911. The normalized spacial score (nSPS) is 12.5. The molecular weight excluding hydrogens is 801 g/mol. The maximum absolute atomic E-state index is 11.7. The largest absolute Gasteiger partial charge is 0.512 e. The van der Waals surface area contributed by atoms with Crippen LogP contribution in [0.5, 0.6) is 0 Å². The van der Waals surface area contributed by atoms with Gasteiger partial charge in [-0.05, 0) is 61.5 Å². The molecule has 0 unspecified atom stereocenters. The van der Waals surface area contributed by atoms with Gasteiger partial charge >= 0.3 is 0 Å². The van der Waals surface area contributed by atoms with E-state index in [0.717, 1.165) is 59.0 Å². The number of allylic oxidation sites excluding steroid dienone is 2. The Balaban J connectivity index is 0.000000347. The number of nitrogens with zero attached hydrogens (tertiary/aromatic N) is 2. The first kappa shape index (κ1) is 40.5. The van der Waals surface area contributed by atoms with Crippen LogP contribution < -0.4 is 0 Å². The van der Waals surface area contributed by atoms with Crippen molar-refractivity contribution in [2.45, 2.75) is 114 Å². The summed E-state index contributed by atoms with van der Waals surface area (Å²) in [5, 5.41) is 13.4. The van der Waals surface area contributed by atoms with Crippen LogP contribution in [0.4, 0.5) is 0 Å². The molecule has 0 saturated carbocycles. The van der Waals surface area contributed by atoms with E-state index in [4.69, 9.17) is 9.97 Å². The van der Waals surface area contributed by atoms with Crippen molar-refractivity contribution >= 4 is 48.2 Å². The van der Waals surface area contributed by atoms with Crippen LogP contribution in [0.2, 0.25) is 0 Å². The SMILES string of the molecule is CCC(CC)C(=O)/C=C(\O)C(CC)CC.Cc1ccc2[c-]c(-c3ncnc4c3sc3cc(CC(C)(C)C)ccc34)cc(C(C)(C)C)c2c1.[Ir]. The molecule has 0 bridgehead atoms. The number of fused-ring (bicyclic) bond motifs is 4. The maximum Gasteiger partial charge on any atom is 0.162 e. The van der Waals surface area contributed by atoms with E-state index >= 15 is 0 Å². The number of carbonyl (C=O) groups is 1. The number of aliphatic hydroxyl groups excluding tert-OH is 1. The van der Waals surface area contributed by atoms with Crippen molar-refractivity contribution in [2.75, 3.05) is 0 Å². The van der Waals surface area contributed by atoms with Gasteiger partial charge in [-0.3, -0.25) is 9.78 Å². The van der Waals surface area contributed by atoms with Crippen LogP contribution in [0.15, 0.2) is 60.6 Å². The summed E-state index contributed by atoms with van der Waals surface area (Å²) >= 11 is 1.80. The Bertz CT molecular complexity index is 1920. The summed E-state index contributed by atoms with van der Waals surface area (Å²) in [6.45, 7) is 23.9. The molecule has 0 fully saturated rings. The van der Waals surface area contributed by atoms with E-state index in [1.54, 1.807) is 17.7 Å². The second kappa shape index (κ2) is 16.9. The summed E-state index contributed by atoms with van der Waals surface area (Å²) in [5.74, 6) is 0.547. The van der Waals surface area contributed by atoms with Crippen LogP contribution >= 0.6 is 11.3 Å². The average molecular weight is 856 g/mol. The van der Waals surface area contributed by atoms with Gasteiger partial charge in [0, 0.05) is 58.5 Å². The van der Waals surface area contributed by atoms with Gasteiger partial charge in [-0.2, -0.15) is 0 Å². The Hall–Kier alpha value is -2.92. The van der Waals surface area contributed by atoms with Crippen LogP contribution in [0.25, 0.3) is 42.3 Å². The first-order valence-corrected chi connectivity index (χ1v) is 18.5. The summed E-state index contributed by atoms with van der Waals surface area (Å²) in [5.41, 5.74) is 7.32. The number of aryl methyl sites for hydroxylation is 1. The number of thiophene rings is 1. The fourth-order valence-electron chi connectivity index (χ4n) is 6.45. The smallest absolute Gasteiger partial charge is 0.162 e. The van der Waals surface area contributed by atoms with Gasteiger partial charge in [0.05, 0.1) is 11.3 Å². The molecule has 1 N–H and O–H groups in total. The van der Waals surface area contributed by atoms with E-state index in [1.807, 2.05) is 27.7 Å². The zero-order valence-corrected chi connectivity index (χ0v) is 34.6. The summed E-state index contributed by atoms with van der Waals surface area (Å²) < 4.78 is 2.42. The predicted molar refractivity (Wildman–Crippen MR) is 207 cm³/mol. The Morgan fingerprint density at radius 2 is 1.53 bits per heavy atom. The van der Waals surface area contributed by atoms with Crippen molar-refractivity contribution < 1.29 is 30.0 Å². The molecule has 5 aromatic rings. The molecule has 265 valence electrons. The third-order valence-electron chi connectivity index (χ3n) is 9.22. The van der Waals surface area contributed by atoms with Gasteiger partial charge in [-0.1, -0.05) is 110 Å². The van der Waals surface area contributed by atoms with Gasteiger partial charge in [0.15, 0.2) is 5.78 Å². The minimum atomic E-state index is 0. The topological polar surface area (TPSA) is 63.1 Å². The fraction of sp³-hybridized carbons (Fsp3) is 0.465. The molecule has 4 nitrogen and oxygen atoms in total. The minimum absolute atomic E-state index is 0. The predicted octanol–water partition coefficient (Wildman–Crippen LogP) is 12.5. The van der Waals surface area contributed by atoms with Crippen molar-refractivity contribution in [2.24, 2.45) is 17.3 Å². The standard InChI is InChI=1S/C30H31N2S.C13H24O2.Ir/c1-18-8-10-20-14-21(15-24(23(20)12-18)30(5,6)7)26-28-27(32-17-31-26)22-11-9-19(13-25(22)33-28)16-29(2,3)4;1-5-10(6-2)12(14)9-13(15)11(7-3)8-4;/h8-13,15,17H,16H2,1-7H3;9-11,14H,5-8H2,1-4H3;/q-1;;/b;12-9-;. The first-order valence-electron chi connectivity index (χ1n) is 17.7. The molecule has 0 aliphatic heterocycles. The van der Waals surface area contributed by atoms with Gasteiger partial charge in [-0.15, -0.1) is 40.5 Å². The third kappa shape index (κ3) is 9.87. The summed E-state index contributed by atoms with van der Waals surface area (Å²) in [4.78, 5) is 21.2. The summed E-state index contributed by atoms with van der Waals surface area (Å²) in [6, 6.07) is 19.4. The van der Waals surface area contributed by atoms with E-state index in [1.165, 1.54) is 38.2 Å². The second-order valence-electron chi connectivity index (χ2n) is 15.5. The van der Waals surface area contributed by atoms with Gasteiger partial charge < -0.3 is 5.11 Å². The molecule has 0 amide bonds. The van der Waals surface area contributed by atoms with Gasteiger partial charge in [-0.25, -0.2) is 4.98 Å². The molecule has 3 aromatic carbocycles. The number of hydrogen-bond acceptors (Lipinski definition) is 5. The molecule has 0 saturated heterocycles. The maximum atomic E-state index is 11.7. The second-order valence-corrected chi connectivity index (χ2v) is 16.5. The van der Waals surface area contributed by atoms with E-state index < -0.39 is 0 Å². The molecule has 2 aromatic heterocycles. The van der Waals surface area contributed by atoms with Crippen molar-refractivity contribution in [1.29, 1.82) is 0 Å². The Morgan fingerprint density at radius 1 is 0.878 bits per heavy atom. The van der Waals surface area contributed by atoms with Crippen LogP contribution in [0, 0.1) is 30.2 Å². The molecule has 5 rings (SSSR count). The van der Waals surface area contributed by atoms with Crippen molar-refractivity contribution in [3.8, 4) is 11.3 Å². The third-order valence-corrected chi connectivity index (χ3v) is 10.4. The van der Waals surface area contributed by atoms with Crippen molar-refractivity contribution in [3.63, 3.8) is 0 Å². The van der Waals surface area contributed by atoms with Gasteiger partial charge in [0.1, 0.15) is 6.33 Å². The van der Waals surface area contributed by atoms with Crippen LogP contribution in [0.1, 0.15) is 112 Å². The number of aromatic nitrogens is 2. The zero-order valence-electron chi connectivity index (χ0n) is 31.4. The number of rotatable bonds is 9. The number of ketones is 1. The molecule has 0 aliphatic carbocycles. The molecule has 0 spiro atoms. The van der Waals surface area contributed by atoms with Gasteiger partial charge in [0.25, 0.3) is 0 Å². The molecular formula is C43H55IrN2O2S-.